The van der Waals surface area contributed by atoms with Crippen molar-refractivity contribution in [2.24, 2.45) is 5.73 Å². The summed E-state index contributed by atoms with van der Waals surface area (Å²) in [6, 6.07) is 2.65. The fraction of sp³-hybridized carbons (Fsp3) is 0.300. The fourth-order valence-corrected chi connectivity index (χ4v) is 1.55. The summed E-state index contributed by atoms with van der Waals surface area (Å²) in [6.45, 7) is 1.44. The van der Waals surface area contributed by atoms with Crippen molar-refractivity contribution in [1.29, 1.82) is 0 Å². The van der Waals surface area contributed by atoms with Crippen LogP contribution in [0.15, 0.2) is 22.7 Å². The van der Waals surface area contributed by atoms with E-state index < -0.39 is 23.7 Å². The molecule has 1 rings (SSSR count). The lowest BCUT2D eigenvalue weighted by Crippen LogP contribution is -2.32. The van der Waals surface area contributed by atoms with E-state index in [0.29, 0.717) is 0 Å². The Hall–Kier alpha value is -0.790. The predicted molar refractivity (Wildman–Crippen MR) is 68.7 cm³/mol. The lowest BCUT2D eigenvalue weighted by molar-refractivity contribution is -0.138. The van der Waals surface area contributed by atoms with Crippen LogP contribution < -0.4 is 11.1 Å². The van der Waals surface area contributed by atoms with Gasteiger partial charge in [-0.3, -0.25) is 4.79 Å². The van der Waals surface area contributed by atoms with Crippen molar-refractivity contribution < 1.29 is 18.0 Å². The summed E-state index contributed by atoms with van der Waals surface area (Å²) in [5.74, 6) is -0.541. The molecule has 0 radical (unpaired) electrons. The number of alkyl halides is 3. The maximum absolute atomic E-state index is 12.6. The second kappa shape index (κ2) is 6.40. The third kappa shape index (κ3) is 4.47. The summed E-state index contributed by atoms with van der Waals surface area (Å²) < 4.78 is 37.6. The van der Waals surface area contributed by atoms with Gasteiger partial charge in [0.25, 0.3) is 0 Å². The van der Waals surface area contributed by atoms with Crippen LogP contribution in [-0.4, -0.2) is 11.9 Å². The van der Waals surface area contributed by atoms with Gasteiger partial charge in [-0.2, -0.15) is 13.2 Å². The zero-order chi connectivity index (χ0) is 13.2. The normalized spacial score (nSPS) is 12.6. The molecule has 0 heterocycles. The number of amides is 1. The number of nitrogens with one attached hydrogen (secondary N) is 1. The fourth-order valence-electron chi connectivity index (χ4n) is 1.08. The zero-order valence-corrected chi connectivity index (χ0v) is 11.6. The molecule has 0 saturated carbocycles. The summed E-state index contributed by atoms with van der Waals surface area (Å²) >= 11 is 2.80. The summed E-state index contributed by atoms with van der Waals surface area (Å²) in [4.78, 5) is 11.2. The molecule has 0 spiro atoms. The Labute approximate surface area is 116 Å². The zero-order valence-electron chi connectivity index (χ0n) is 9.22. The average Bonchev–Trinajstić information content (AvgIpc) is 2.19. The molecule has 3 N–H and O–H groups in total. The maximum Gasteiger partial charge on any atom is 0.417 e. The highest BCUT2D eigenvalue weighted by Gasteiger charge is 2.33. The molecule has 1 aromatic rings. The van der Waals surface area contributed by atoms with E-state index in [1.54, 1.807) is 0 Å². The van der Waals surface area contributed by atoms with Gasteiger partial charge in [0.2, 0.25) is 5.91 Å². The first-order valence-electron chi connectivity index (χ1n) is 4.65. The number of carbonyl (C=O) groups excluding carboxylic acids is 1. The summed E-state index contributed by atoms with van der Waals surface area (Å²) in [5.41, 5.74) is 4.50. The molecular formula is C10H11BrClF3N2O. The summed E-state index contributed by atoms with van der Waals surface area (Å²) in [5, 5.41) is 2.30. The number of anilines is 1. The van der Waals surface area contributed by atoms with Gasteiger partial charge in [0.05, 0.1) is 11.6 Å². The molecule has 0 aliphatic rings. The molecule has 0 aliphatic carbocycles. The molecule has 0 aromatic heterocycles. The van der Waals surface area contributed by atoms with Crippen molar-refractivity contribution in [1.82, 2.24) is 0 Å². The summed E-state index contributed by atoms with van der Waals surface area (Å²) in [6.07, 6.45) is -4.48. The molecule has 8 heteroatoms. The Morgan fingerprint density at radius 2 is 2.00 bits per heavy atom. The van der Waals surface area contributed by atoms with Crippen LogP contribution in [0.5, 0.6) is 0 Å². The standard InChI is InChI=1S/C10H10BrF3N2O.ClH/c1-5(15)9(17)16-6-2-3-8(11)7(4-6)10(12,13)14;/h2-5H,15H2,1H3,(H,16,17);1H. The number of nitrogens with two attached hydrogens (primary N) is 1. The molecule has 0 aliphatic heterocycles. The van der Waals surface area contributed by atoms with Crippen LogP contribution in [0.25, 0.3) is 0 Å². The average molecular weight is 348 g/mol. The van der Waals surface area contributed by atoms with Gasteiger partial charge < -0.3 is 11.1 Å². The summed E-state index contributed by atoms with van der Waals surface area (Å²) in [7, 11) is 0. The lowest BCUT2D eigenvalue weighted by Gasteiger charge is -2.12. The van der Waals surface area contributed by atoms with E-state index in [9.17, 15) is 18.0 Å². The van der Waals surface area contributed by atoms with E-state index in [-0.39, 0.29) is 22.6 Å². The van der Waals surface area contributed by atoms with Gasteiger partial charge in [-0.15, -0.1) is 12.4 Å². The van der Waals surface area contributed by atoms with E-state index in [1.807, 2.05) is 0 Å². The highest BCUT2D eigenvalue weighted by molar-refractivity contribution is 9.10. The molecule has 102 valence electrons. The Morgan fingerprint density at radius 3 is 2.44 bits per heavy atom. The van der Waals surface area contributed by atoms with Crippen LogP contribution in [0.2, 0.25) is 0 Å². The van der Waals surface area contributed by atoms with Crippen LogP contribution in [0.1, 0.15) is 12.5 Å². The van der Waals surface area contributed by atoms with Crippen LogP contribution in [0.4, 0.5) is 18.9 Å². The van der Waals surface area contributed by atoms with Gasteiger partial charge in [-0.05, 0) is 25.1 Å². The maximum atomic E-state index is 12.6. The minimum Gasteiger partial charge on any atom is -0.325 e. The first-order chi connectivity index (χ1) is 7.71. The van der Waals surface area contributed by atoms with Crippen LogP contribution in [0.3, 0.4) is 0 Å². The van der Waals surface area contributed by atoms with Gasteiger partial charge in [0.1, 0.15) is 0 Å². The largest absolute Gasteiger partial charge is 0.417 e. The Bertz CT molecular complexity index is 438. The molecule has 0 bridgehead atoms. The van der Waals surface area contributed by atoms with Crippen LogP contribution in [0, 0.1) is 0 Å². The molecule has 3 nitrogen and oxygen atoms in total. The highest BCUT2D eigenvalue weighted by Crippen LogP contribution is 2.36. The number of hydrogen-bond donors (Lipinski definition) is 2. The second-order valence-corrected chi connectivity index (χ2v) is 4.32. The van der Waals surface area contributed by atoms with E-state index in [0.717, 1.165) is 6.07 Å². The molecule has 1 atom stereocenters. The van der Waals surface area contributed by atoms with Crippen LogP contribution in [-0.2, 0) is 11.0 Å². The molecule has 18 heavy (non-hydrogen) atoms. The van der Waals surface area contributed by atoms with E-state index in [4.69, 9.17) is 5.73 Å². The minimum atomic E-state index is -4.48. The van der Waals surface area contributed by atoms with Crippen molar-refractivity contribution in [3.8, 4) is 0 Å². The van der Waals surface area contributed by atoms with Gasteiger partial charge in [-0.1, -0.05) is 15.9 Å². The second-order valence-electron chi connectivity index (χ2n) is 3.47. The third-order valence-electron chi connectivity index (χ3n) is 1.95. The molecule has 0 saturated heterocycles. The quantitative estimate of drug-likeness (QED) is 0.863. The topological polar surface area (TPSA) is 55.1 Å². The monoisotopic (exact) mass is 346 g/mol. The van der Waals surface area contributed by atoms with Gasteiger partial charge in [0, 0.05) is 10.2 Å². The Morgan fingerprint density at radius 1 is 1.44 bits per heavy atom. The Kier molecular flexibility index (Phi) is 6.12. The molecule has 1 unspecified atom stereocenters. The van der Waals surface area contributed by atoms with Crippen molar-refractivity contribution >= 4 is 39.9 Å². The number of benzene rings is 1. The molecule has 0 fully saturated rings. The van der Waals surface area contributed by atoms with Crippen molar-refractivity contribution in [2.45, 2.75) is 19.1 Å². The number of halogens is 5. The first kappa shape index (κ1) is 17.2. The van der Waals surface area contributed by atoms with Crippen molar-refractivity contribution in [3.05, 3.63) is 28.2 Å². The molecular weight excluding hydrogens is 336 g/mol. The molecule has 1 aromatic carbocycles. The lowest BCUT2D eigenvalue weighted by atomic mass is 10.2. The van der Waals surface area contributed by atoms with Gasteiger partial charge in [0.15, 0.2) is 0 Å². The van der Waals surface area contributed by atoms with E-state index in [1.165, 1.54) is 19.1 Å². The number of hydrogen-bond acceptors (Lipinski definition) is 2. The number of carbonyl (C=O) groups is 1. The number of rotatable bonds is 2. The predicted octanol–water partition coefficient (Wildman–Crippen LogP) is 3.18. The third-order valence-corrected chi connectivity index (χ3v) is 2.64. The van der Waals surface area contributed by atoms with Crippen molar-refractivity contribution in [3.63, 3.8) is 0 Å². The molecule has 1 amide bonds. The highest BCUT2D eigenvalue weighted by atomic mass is 79.9. The van der Waals surface area contributed by atoms with Crippen LogP contribution >= 0.6 is 28.3 Å². The van der Waals surface area contributed by atoms with Gasteiger partial charge in [-0.25, -0.2) is 0 Å². The van der Waals surface area contributed by atoms with Crippen molar-refractivity contribution in [2.75, 3.05) is 5.32 Å². The van der Waals surface area contributed by atoms with E-state index in [2.05, 4.69) is 21.2 Å². The van der Waals surface area contributed by atoms with Gasteiger partial charge >= 0.3 is 6.18 Å². The smallest absolute Gasteiger partial charge is 0.325 e. The SMILES string of the molecule is CC(N)C(=O)Nc1ccc(Br)c(C(F)(F)F)c1.Cl. The van der Waals surface area contributed by atoms with E-state index >= 15 is 0 Å². The minimum absolute atomic E-state index is 0. The Balaban J connectivity index is 0.00000289. The first-order valence-corrected chi connectivity index (χ1v) is 5.44.